The zero-order valence-electron chi connectivity index (χ0n) is 18.0. The molecule has 2 amide bonds. The van der Waals surface area contributed by atoms with Crippen molar-refractivity contribution in [3.05, 3.63) is 74.9 Å². The van der Waals surface area contributed by atoms with Crippen LogP contribution in [0, 0.1) is 5.92 Å². The minimum absolute atomic E-state index is 0.0478. The third-order valence-corrected chi connectivity index (χ3v) is 7.30. The fourth-order valence-corrected chi connectivity index (χ4v) is 5.44. The number of carbonyl (C=O) groups is 2. The van der Waals surface area contributed by atoms with E-state index in [1.165, 1.54) is 0 Å². The van der Waals surface area contributed by atoms with Gasteiger partial charge in [-0.1, -0.05) is 25.1 Å². The summed E-state index contributed by atoms with van der Waals surface area (Å²) in [4.78, 5) is 43.0. The van der Waals surface area contributed by atoms with Gasteiger partial charge in [0.1, 0.15) is 5.69 Å². The molecule has 0 unspecified atom stereocenters. The lowest BCUT2D eigenvalue weighted by molar-refractivity contribution is 0.0602. The standard InChI is InChI=1S/C24H24N4O3S/c1-15-13-27(23(30)17-6-3-5-16-14-26(2)24(31)22(16)17)11-10-19(15)28-21(29)9-8-18(25-28)20-7-4-12-32-20/h3-9,12,15,19H,10-11,13-14H2,1-2H3/t15-,19-/m1/s1. The Balaban J connectivity index is 1.38. The number of nitrogens with zero attached hydrogens (tertiary/aromatic N) is 4. The minimum atomic E-state index is -0.128. The number of benzene rings is 1. The van der Waals surface area contributed by atoms with Crippen molar-refractivity contribution >= 4 is 23.2 Å². The van der Waals surface area contributed by atoms with E-state index >= 15 is 0 Å². The SMILES string of the molecule is C[C@@H]1CN(C(=O)c2cccc3c2C(=O)N(C)C3)CC[C@H]1n1nc(-c2cccs2)ccc1=O. The first-order chi connectivity index (χ1) is 15.4. The molecule has 32 heavy (non-hydrogen) atoms. The van der Waals surface area contributed by atoms with Crippen molar-refractivity contribution in [3.8, 4) is 10.6 Å². The van der Waals surface area contributed by atoms with Crippen LogP contribution in [0.2, 0.25) is 0 Å². The number of likely N-dealkylation sites (tertiary alicyclic amines) is 1. The van der Waals surface area contributed by atoms with Gasteiger partial charge >= 0.3 is 0 Å². The minimum Gasteiger partial charge on any atom is -0.338 e. The highest BCUT2D eigenvalue weighted by Gasteiger charge is 2.35. The van der Waals surface area contributed by atoms with E-state index in [1.54, 1.807) is 51.1 Å². The van der Waals surface area contributed by atoms with Crippen molar-refractivity contribution in [1.29, 1.82) is 0 Å². The van der Waals surface area contributed by atoms with Crippen LogP contribution in [0.5, 0.6) is 0 Å². The van der Waals surface area contributed by atoms with Gasteiger partial charge in [0, 0.05) is 32.7 Å². The van der Waals surface area contributed by atoms with Gasteiger partial charge in [0.05, 0.1) is 22.0 Å². The number of carbonyl (C=O) groups excluding carboxylic acids is 2. The third-order valence-electron chi connectivity index (χ3n) is 6.41. The Morgan fingerprint density at radius 3 is 2.72 bits per heavy atom. The van der Waals surface area contributed by atoms with Gasteiger partial charge in [-0.3, -0.25) is 14.4 Å². The lowest BCUT2D eigenvalue weighted by Gasteiger charge is -2.37. The molecule has 0 bridgehead atoms. The number of rotatable bonds is 3. The van der Waals surface area contributed by atoms with Crippen LogP contribution in [0.25, 0.3) is 10.6 Å². The summed E-state index contributed by atoms with van der Waals surface area (Å²) in [6, 6.07) is 12.7. The van der Waals surface area contributed by atoms with Crippen LogP contribution < -0.4 is 5.56 Å². The molecule has 3 aromatic rings. The molecule has 0 radical (unpaired) electrons. The summed E-state index contributed by atoms with van der Waals surface area (Å²) in [7, 11) is 1.75. The van der Waals surface area contributed by atoms with Crippen LogP contribution in [0.1, 0.15) is 45.7 Å². The molecular weight excluding hydrogens is 424 g/mol. The molecule has 7 nitrogen and oxygen atoms in total. The number of piperidine rings is 1. The maximum atomic E-state index is 13.3. The summed E-state index contributed by atoms with van der Waals surface area (Å²) in [5.41, 5.74) is 2.55. The van der Waals surface area contributed by atoms with E-state index in [4.69, 9.17) is 0 Å². The summed E-state index contributed by atoms with van der Waals surface area (Å²) in [6.07, 6.45) is 0.635. The quantitative estimate of drug-likeness (QED) is 0.616. The lowest BCUT2D eigenvalue weighted by atomic mass is 9.92. The van der Waals surface area contributed by atoms with Gasteiger partial charge in [0.15, 0.2) is 0 Å². The number of hydrogen-bond acceptors (Lipinski definition) is 5. The molecule has 1 aromatic carbocycles. The predicted octanol–water partition coefficient (Wildman–Crippen LogP) is 3.28. The van der Waals surface area contributed by atoms with E-state index in [0.717, 1.165) is 16.1 Å². The number of amides is 2. The molecule has 2 aromatic heterocycles. The smallest absolute Gasteiger partial charge is 0.267 e. The van der Waals surface area contributed by atoms with Crippen molar-refractivity contribution < 1.29 is 9.59 Å². The van der Waals surface area contributed by atoms with Crippen LogP contribution in [0.15, 0.2) is 52.6 Å². The van der Waals surface area contributed by atoms with E-state index in [-0.39, 0.29) is 29.3 Å². The first-order valence-corrected chi connectivity index (χ1v) is 11.6. The van der Waals surface area contributed by atoms with Crippen molar-refractivity contribution in [2.45, 2.75) is 25.9 Å². The predicted molar refractivity (Wildman–Crippen MR) is 123 cm³/mol. The molecule has 0 saturated carbocycles. The molecule has 8 heteroatoms. The highest BCUT2D eigenvalue weighted by molar-refractivity contribution is 7.13. The lowest BCUT2D eigenvalue weighted by Crippen LogP contribution is -2.46. The second-order valence-corrected chi connectivity index (χ2v) is 9.51. The van der Waals surface area contributed by atoms with Gasteiger partial charge in [-0.2, -0.15) is 5.10 Å². The summed E-state index contributed by atoms with van der Waals surface area (Å²) >= 11 is 1.59. The summed E-state index contributed by atoms with van der Waals surface area (Å²) in [5.74, 6) is -0.178. The Morgan fingerprint density at radius 2 is 1.97 bits per heavy atom. The fraction of sp³-hybridized carbons (Fsp3) is 0.333. The maximum Gasteiger partial charge on any atom is 0.267 e. The van der Waals surface area contributed by atoms with E-state index < -0.39 is 0 Å². The molecular formula is C24H24N4O3S. The van der Waals surface area contributed by atoms with Crippen LogP contribution in [-0.4, -0.2) is 51.5 Å². The molecule has 0 N–H and O–H groups in total. The van der Waals surface area contributed by atoms with Crippen molar-refractivity contribution in [1.82, 2.24) is 19.6 Å². The van der Waals surface area contributed by atoms with Crippen LogP contribution in [-0.2, 0) is 6.54 Å². The Hall–Kier alpha value is -3.26. The maximum absolute atomic E-state index is 13.3. The molecule has 164 valence electrons. The van der Waals surface area contributed by atoms with Crippen molar-refractivity contribution in [2.24, 2.45) is 5.92 Å². The molecule has 0 spiro atoms. The van der Waals surface area contributed by atoms with Gasteiger partial charge < -0.3 is 9.80 Å². The van der Waals surface area contributed by atoms with Gasteiger partial charge in [-0.05, 0) is 41.5 Å². The number of aromatic nitrogens is 2. The highest BCUT2D eigenvalue weighted by atomic mass is 32.1. The second kappa shape index (κ2) is 8.02. The molecule has 2 aliphatic rings. The second-order valence-electron chi connectivity index (χ2n) is 8.56. The first-order valence-electron chi connectivity index (χ1n) is 10.7. The molecule has 0 aliphatic carbocycles. The van der Waals surface area contributed by atoms with Gasteiger partial charge in [0.25, 0.3) is 17.4 Å². The molecule has 5 rings (SSSR count). The first kappa shape index (κ1) is 20.6. The Kier molecular flexibility index (Phi) is 5.17. The van der Waals surface area contributed by atoms with Gasteiger partial charge in [0.2, 0.25) is 0 Å². The normalized spacial score (nSPS) is 20.5. The van der Waals surface area contributed by atoms with Crippen molar-refractivity contribution in [2.75, 3.05) is 20.1 Å². The Bertz CT molecular complexity index is 1250. The van der Waals surface area contributed by atoms with E-state index in [1.807, 2.05) is 36.6 Å². The molecule has 1 saturated heterocycles. The molecule has 4 heterocycles. The van der Waals surface area contributed by atoms with E-state index in [0.29, 0.717) is 37.2 Å². The monoisotopic (exact) mass is 448 g/mol. The summed E-state index contributed by atoms with van der Waals surface area (Å²) < 4.78 is 1.58. The number of hydrogen-bond donors (Lipinski definition) is 0. The number of fused-ring (bicyclic) bond motifs is 1. The van der Waals surface area contributed by atoms with E-state index in [2.05, 4.69) is 5.10 Å². The highest BCUT2D eigenvalue weighted by Crippen LogP contribution is 2.31. The van der Waals surface area contributed by atoms with Crippen molar-refractivity contribution in [3.63, 3.8) is 0 Å². The van der Waals surface area contributed by atoms with Crippen LogP contribution in [0.4, 0.5) is 0 Å². The average Bonchev–Trinajstić information content (AvgIpc) is 3.42. The van der Waals surface area contributed by atoms with Gasteiger partial charge in [-0.15, -0.1) is 11.3 Å². The third kappa shape index (κ3) is 3.44. The Morgan fingerprint density at radius 1 is 1.12 bits per heavy atom. The Labute approximate surface area is 189 Å². The van der Waals surface area contributed by atoms with Gasteiger partial charge in [-0.25, -0.2) is 4.68 Å². The number of thiophene rings is 1. The summed E-state index contributed by atoms with van der Waals surface area (Å²) in [6.45, 7) is 3.60. The van der Waals surface area contributed by atoms with Crippen LogP contribution in [0.3, 0.4) is 0 Å². The molecule has 2 atom stereocenters. The topological polar surface area (TPSA) is 75.5 Å². The molecule has 2 aliphatic heterocycles. The average molecular weight is 449 g/mol. The zero-order valence-corrected chi connectivity index (χ0v) is 18.8. The largest absolute Gasteiger partial charge is 0.338 e. The molecule has 1 fully saturated rings. The summed E-state index contributed by atoms with van der Waals surface area (Å²) in [5, 5.41) is 6.63. The van der Waals surface area contributed by atoms with Crippen LogP contribution >= 0.6 is 11.3 Å². The zero-order chi connectivity index (χ0) is 22.4. The fourth-order valence-electron chi connectivity index (χ4n) is 4.75. The van der Waals surface area contributed by atoms with E-state index in [9.17, 15) is 14.4 Å².